The average molecular weight is 311 g/mol. The van der Waals surface area contributed by atoms with Gasteiger partial charge in [0.15, 0.2) is 5.43 Å². The summed E-state index contributed by atoms with van der Waals surface area (Å²) in [4.78, 5) is 12.0. The fourth-order valence-corrected chi connectivity index (χ4v) is 2.04. The van der Waals surface area contributed by atoms with Gasteiger partial charge in [-0.3, -0.25) is 4.79 Å². The van der Waals surface area contributed by atoms with Crippen molar-refractivity contribution in [2.75, 3.05) is 0 Å². The Hall–Kier alpha value is -0.624. The van der Waals surface area contributed by atoms with Gasteiger partial charge in [0.2, 0.25) is 0 Å². The van der Waals surface area contributed by atoms with Gasteiger partial charge in [-0.05, 0) is 42.1 Å². The van der Waals surface area contributed by atoms with Crippen LogP contribution in [-0.2, 0) is 0 Å². The van der Waals surface area contributed by atoms with Crippen LogP contribution in [0.2, 0.25) is 5.02 Å². The second kappa shape index (κ2) is 6.43. The second-order valence-corrected chi connectivity index (χ2v) is 4.53. The summed E-state index contributed by atoms with van der Waals surface area (Å²) in [5.41, 5.74) is 0.390. The van der Waals surface area contributed by atoms with E-state index >= 15 is 0 Å². The van der Waals surface area contributed by atoms with Gasteiger partial charge in [0.25, 0.3) is 0 Å². The van der Waals surface area contributed by atoms with Crippen molar-refractivity contribution in [3.05, 3.63) is 63.8 Å². The molecule has 0 unspecified atom stereocenters. The third kappa shape index (κ3) is 2.86. The van der Waals surface area contributed by atoms with Crippen LogP contribution in [0, 0.1) is 0 Å². The Kier molecular flexibility index (Phi) is 5.07. The average Bonchev–Trinajstić information content (AvgIpc) is 2.44. The molecular formula is C15H8ClKO3. The number of hydrogen-bond donors (Lipinski definition) is 0. The van der Waals surface area contributed by atoms with Crippen molar-refractivity contribution in [3.8, 4) is 17.1 Å². The van der Waals surface area contributed by atoms with Gasteiger partial charge >= 0.3 is 51.4 Å². The standard InChI is InChI=1S/C15H9ClO3.K/c16-10-7-5-9(6-8-10)15-14(18)13(17)11-3-1-2-4-12(11)19-15;/h1-8,18H;/q;+1/p-1. The number of hydrogen-bond acceptors (Lipinski definition) is 3. The van der Waals surface area contributed by atoms with Crippen LogP contribution < -0.4 is 61.9 Å². The van der Waals surface area contributed by atoms with E-state index in [9.17, 15) is 9.90 Å². The smallest absolute Gasteiger partial charge is 0.867 e. The van der Waals surface area contributed by atoms with Crippen molar-refractivity contribution in [1.82, 2.24) is 0 Å². The molecule has 20 heavy (non-hydrogen) atoms. The van der Waals surface area contributed by atoms with Crippen molar-refractivity contribution >= 4 is 22.6 Å². The van der Waals surface area contributed by atoms with E-state index in [0.717, 1.165) is 0 Å². The molecule has 0 saturated heterocycles. The molecule has 0 aliphatic carbocycles. The maximum Gasteiger partial charge on any atom is 1.00 e. The van der Waals surface area contributed by atoms with Crippen LogP contribution in [0.25, 0.3) is 22.3 Å². The zero-order valence-electron chi connectivity index (χ0n) is 10.7. The summed E-state index contributed by atoms with van der Waals surface area (Å²) >= 11 is 5.79. The van der Waals surface area contributed by atoms with Gasteiger partial charge in [-0.2, -0.15) is 0 Å². The van der Waals surface area contributed by atoms with E-state index in [1.165, 1.54) is 0 Å². The third-order valence-electron chi connectivity index (χ3n) is 2.86. The molecule has 1 heterocycles. The van der Waals surface area contributed by atoms with Crippen LogP contribution in [0.3, 0.4) is 0 Å². The second-order valence-electron chi connectivity index (χ2n) is 4.09. The molecular weight excluding hydrogens is 303 g/mol. The minimum Gasteiger partial charge on any atom is -0.867 e. The molecule has 0 fully saturated rings. The van der Waals surface area contributed by atoms with Crippen molar-refractivity contribution in [2.24, 2.45) is 0 Å². The number of benzene rings is 2. The van der Waals surface area contributed by atoms with Crippen molar-refractivity contribution < 1.29 is 60.9 Å². The van der Waals surface area contributed by atoms with E-state index in [1.807, 2.05) is 0 Å². The SMILES string of the molecule is O=c1c([O-])c(-c2ccc(Cl)cc2)oc2ccccc12.[K+]. The predicted octanol–water partition coefficient (Wildman–Crippen LogP) is 0.191. The molecule has 0 N–H and O–H groups in total. The summed E-state index contributed by atoms with van der Waals surface area (Å²) in [5.74, 6) is -0.596. The van der Waals surface area contributed by atoms with Gasteiger partial charge in [0, 0.05) is 10.6 Å². The van der Waals surface area contributed by atoms with Crippen molar-refractivity contribution in [2.45, 2.75) is 0 Å². The molecule has 0 radical (unpaired) electrons. The first-order chi connectivity index (χ1) is 9.16. The van der Waals surface area contributed by atoms with Crippen LogP contribution in [0.4, 0.5) is 0 Å². The summed E-state index contributed by atoms with van der Waals surface area (Å²) < 4.78 is 5.54. The molecule has 2 aromatic carbocycles. The van der Waals surface area contributed by atoms with Crippen LogP contribution >= 0.6 is 11.6 Å². The molecule has 1 aromatic heterocycles. The molecule has 3 nitrogen and oxygen atoms in total. The molecule has 5 heteroatoms. The topological polar surface area (TPSA) is 53.3 Å². The Bertz CT molecular complexity index is 809. The Balaban J connectivity index is 0.00000147. The van der Waals surface area contributed by atoms with Gasteiger partial charge in [0.1, 0.15) is 11.3 Å². The molecule has 3 rings (SSSR count). The van der Waals surface area contributed by atoms with Gasteiger partial charge < -0.3 is 9.52 Å². The largest absolute Gasteiger partial charge is 1.00 e. The summed E-state index contributed by atoms with van der Waals surface area (Å²) in [7, 11) is 0. The number of para-hydroxylation sites is 1. The maximum atomic E-state index is 12.0. The van der Waals surface area contributed by atoms with Gasteiger partial charge in [-0.1, -0.05) is 23.7 Å². The summed E-state index contributed by atoms with van der Waals surface area (Å²) in [6.45, 7) is 0. The quantitative estimate of drug-likeness (QED) is 0.603. The van der Waals surface area contributed by atoms with E-state index in [0.29, 0.717) is 21.6 Å². The minimum absolute atomic E-state index is 0. The molecule has 0 bridgehead atoms. The van der Waals surface area contributed by atoms with Crippen molar-refractivity contribution in [3.63, 3.8) is 0 Å². The zero-order valence-corrected chi connectivity index (χ0v) is 14.6. The Morgan fingerprint density at radius 3 is 2.35 bits per heavy atom. The molecule has 0 aliphatic rings. The molecule has 0 spiro atoms. The Morgan fingerprint density at radius 2 is 1.65 bits per heavy atom. The van der Waals surface area contributed by atoms with Crippen molar-refractivity contribution in [1.29, 1.82) is 0 Å². The Morgan fingerprint density at radius 1 is 1.00 bits per heavy atom. The molecule has 3 aromatic rings. The monoisotopic (exact) mass is 310 g/mol. The van der Waals surface area contributed by atoms with Crippen LogP contribution in [-0.4, -0.2) is 0 Å². The van der Waals surface area contributed by atoms with E-state index < -0.39 is 11.2 Å². The summed E-state index contributed by atoms with van der Waals surface area (Å²) in [6.07, 6.45) is 0. The van der Waals surface area contributed by atoms with Gasteiger partial charge in [-0.15, -0.1) is 0 Å². The van der Waals surface area contributed by atoms with Crippen LogP contribution in [0.1, 0.15) is 0 Å². The molecule has 0 atom stereocenters. The first-order valence-electron chi connectivity index (χ1n) is 5.65. The third-order valence-corrected chi connectivity index (χ3v) is 3.11. The number of halogens is 1. The van der Waals surface area contributed by atoms with Gasteiger partial charge in [-0.25, -0.2) is 0 Å². The Labute approximate surface area is 162 Å². The molecule has 0 saturated carbocycles. The minimum atomic E-state index is -0.638. The maximum absolute atomic E-state index is 12.0. The first kappa shape index (κ1) is 15.8. The van der Waals surface area contributed by atoms with E-state index in [1.54, 1.807) is 48.5 Å². The van der Waals surface area contributed by atoms with E-state index in [-0.39, 0.29) is 57.1 Å². The summed E-state index contributed by atoms with van der Waals surface area (Å²) in [5, 5.41) is 12.9. The predicted molar refractivity (Wildman–Crippen MR) is 72.4 cm³/mol. The van der Waals surface area contributed by atoms with E-state index in [2.05, 4.69) is 0 Å². The molecule has 0 amide bonds. The van der Waals surface area contributed by atoms with Crippen LogP contribution in [0.15, 0.2) is 57.7 Å². The van der Waals surface area contributed by atoms with Gasteiger partial charge in [0.05, 0.1) is 5.39 Å². The molecule has 0 aliphatic heterocycles. The van der Waals surface area contributed by atoms with E-state index in [4.69, 9.17) is 16.0 Å². The first-order valence-corrected chi connectivity index (χ1v) is 6.03. The normalized spacial score (nSPS) is 10.2. The number of fused-ring (bicyclic) bond motifs is 1. The van der Waals surface area contributed by atoms with Crippen LogP contribution in [0.5, 0.6) is 5.75 Å². The number of rotatable bonds is 1. The zero-order chi connectivity index (χ0) is 13.4. The summed E-state index contributed by atoms with van der Waals surface area (Å²) in [6, 6.07) is 13.3. The fraction of sp³-hybridized carbons (Fsp3) is 0. The molecule has 94 valence electrons. The fourth-order valence-electron chi connectivity index (χ4n) is 1.92.